The highest BCUT2D eigenvalue weighted by atomic mass is 19.1. The van der Waals surface area contributed by atoms with Crippen LogP contribution in [0.5, 0.6) is 5.75 Å². The molecular weight excluding hydrogens is 231 g/mol. The number of hydrogen-bond donors (Lipinski definition) is 1. The first-order valence-electron chi connectivity index (χ1n) is 5.33. The third kappa shape index (κ3) is 2.41. The van der Waals surface area contributed by atoms with Crippen molar-refractivity contribution < 1.29 is 9.50 Å². The first-order chi connectivity index (χ1) is 8.60. The van der Waals surface area contributed by atoms with E-state index >= 15 is 0 Å². The van der Waals surface area contributed by atoms with E-state index in [0.717, 1.165) is 0 Å². The third-order valence-corrected chi connectivity index (χ3v) is 2.62. The second kappa shape index (κ2) is 4.76. The van der Waals surface area contributed by atoms with Gasteiger partial charge >= 0.3 is 0 Å². The Morgan fingerprint density at radius 1 is 1.17 bits per heavy atom. The summed E-state index contributed by atoms with van der Waals surface area (Å²) in [5.41, 5.74) is 1.53. The van der Waals surface area contributed by atoms with Crippen LogP contribution in [0.3, 0.4) is 0 Å². The molecule has 18 heavy (non-hydrogen) atoms. The standard InChI is InChI=1S/C14H11FN2O/c1-17(12-3-2-4-14(18)8-12)13-6-10(9-16)5-11(15)7-13/h2-8,18H,1H3. The van der Waals surface area contributed by atoms with Gasteiger partial charge in [-0.1, -0.05) is 6.07 Å². The molecule has 0 heterocycles. The van der Waals surface area contributed by atoms with Crippen molar-refractivity contribution in [3.8, 4) is 11.8 Å². The number of benzene rings is 2. The van der Waals surface area contributed by atoms with E-state index in [1.165, 1.54) is 12.1 Å². The Kier molecular flexibility index (Phi) is 3.16. The average molecular weight is 242 g/mol. The number of hydrogen-bond acceptors (Lipinski definition) is 3. The van der Waals surface area contributed by atoms with Crippen molar-refractivity contribution in [2.45, 2.75) is 0 Å². The van der Waals surface area contributed by atoms with Gasteiger partial charge in [-0.3, -0.25) is 0 Å². The first kappa shape index (κ1) is 11.9. The largest absolute Gasteiger partial charge is 0.508 e. The number of halogens is 1. The summed E-state index contributed by atoms with van der Waals surface area (Å²) in [7, 11) is 1.74. The van der Waals surface area contributed by atoms with E-state index in [1.807, 2.05) is 6.07 Å². The minimum Gasteiger partial charge on any atom is -0.508 e. The predicted molar refractivity (Wildman–Crippen MR) is 67.3 cm³/mol. The fraction of sp³-hybridized carbons (Fsp3) is 0.0714. The Morgan fingerprint density at radius 2 is 1.94 bits per heavy atom. The van der Waals surface area contributed by atoms with Crippen LogP contribution in [0, 0.1) is 17.1 Å². The summed E-state index contributed by atoms with van der Waals surface area (Å²) >= 11 is 0. The molecule has 3 nitrogen and oxygen atoms in total. The molecule has 0 saturated heterocycles. The molecule has 1 N–H and O–H groups in total. The van der Waals surface area contributed by atoms with Crippen molar-refractivity contribution in [3.05, 3.63) is 53.8 Å². The molecule has 0 spiro atoms. The van der Waals surface area contributed by atoms with E-state index in [0.29, 0.717) is 11.4 Å². The predicted octanol–water partition coefficient (Wildman–Crippen LogP) is 3.17. The molecule has 2 aromatic rings. The zero-order chi connectivity index (χ0) is 13.1. The molecule has 90 valence electrons. The van der Waals surface area contributed by atoms with E-state index in [1.54, 1.807) is 42.3 Å². The second-order valence-corrected chi connectivity index (χ2v) is 3.89. The topological polar surface area (TPSA) is 47.3 Å². The van der Waals surface area contributed by atoms with Gasteiger partial charge in [0.05, 0.1) is 11.6 Å². The lowest BCUT2D eigenvalue weighted by atomic mass is 10.2. The zero-order valence-corrected chi connectivity index (χ0v) is 9.76. The fourth-order valence-electron chi connectivity index (χ4n) is 1.68. The molecule has 0 saturated carbocycles. The molecule has 2 aromatic carbocycles. The van der Waals surface area contributed by atoms with Crippen molar-refractivity contribution in [1.29, 1.82) is 5.26 Å². The molecule has 2 rings (SSSR count). The van der Waals surface area contributed by atoms with Crippen LogP contribution in [0.1, 0.15) is 5.56 Å². The van der Waals surface area contributed by atoms with E-state index in [-0.39, 0.29) is 11.3 Å². The van der Waals surface area contributed by atoms with Gasteiger partial charge in [-0.2, -0.15) is 5.26 Å². The Balaban J connectivity index is 2.43. The molecule has 0 fully saturated rings. The second-order valence-electron chi connectivity index (χ2n) is 3.89. The molecule has 0 atom stereocenters. The van der Waals surface area contributed by atoms with Crippen molar-refractivity contribution in [3.63, 3.8) is 0 Å². The molecule has 0 aliphatic rings. The maximum atomic E-state index is 13.3. The summed E-state index contributed by atoms with van der Waals surface area (Å²) < 4.78 is 13.3. The highest BCUT2D eigenvalue weighted by Crippen LogP contribution is 2.27. The fourth-order valence-corrected chi connectivity index (χ4v) is 1.68. The monoisotopic (exact) mass is 242 g/mol. The van der Waals surface area contributed by atoms with Crippen LogP contribution in [0.2, 0.25) is 0 Å². The number of rotatable bonds is 2. The quantitative estimate of drug-likeness (QED) is 0.879. The number of aromatic hydroxyl groups is 1. The van der Waals surface area contributed by atoms with Crippen molar-refractivity contribution >= 4 is 11.4 Å². The summed E-state index contributed by atoms with van der Waals surface area (Å²) in [5, 5.41) is 18.2. The number of phenols is 1. The van der Waals surface area contributed by atoms with Gasteiger partial charge in [0.25, 0.3) is 0 Å². The van der Waals surface area contributed by atoms with Gasteiger partial charge < -0.3 is 10.0 Å². The molecule has 0 radical (unpaired) electrons. The van der Waals surface area contributed by atoms with Crippen LogP contribution in [-0.4, -0.2) is 12.2 Å². The lowest BCUT2D eigenvalue weighted by molar-refractivity contribution is 0.475. The van der Waals surface area contributed by atoms with Crippen LogP contribution in [0.15, 0.2) is 42.5 Å². The summed E-state index contributed by atoms with van der Waals surface area (Å²) in [6, 6.07) is 12.6. The number of anilines is 2. The first-order valence-corrected chi connectivity index (χ1v) is 5.33. The maximum absolute atomic E-state index is 13.3. The van der Waals surface area contributed by atoms with Gasteiger partial charge in [0, 0.05) is 24.5 Å². The van der Waals surface area contributed by atoms with Crippen molar-refractivity contribution in [2.24, 2.45) is 0 Å². The van der Waals surface area contributed by atoms with Crippen LogP contribution >= 0.6 is 0 Å². The summed E-state index contributed by atoms with van der Waals surface area (Å²) in [6.07, 6.45) is 0. The molecule has 0 aliphatic heterocycles. The summed E-state index contributed by atoms with van der Waals surface area (Å²) in [4.78, 5) is 1.70. The Hall–Kier alpha value is -2.54. The maximum Gasteiger partial charge on any atom is 0.126 e. The minimum atomic E-state index is -0.462. The van der Waals surface area contributed by atoms with Gasteiger partial charge in [-0.05, 0) is 30.3 Å². The molecule has 0 aromatic heterocycles. The van der Waals surface area contributed by atoms with Crippen LogP contribution < -0.4 is 4.90 Å². The van der Waals surface area contributed by atoms with Gasteiger partial charge in [0.15, 0.2) is 0 Å². The van der Waals surface area contributed by atoms with Crippen LogP contribution in [0.4, 0.5) is 15.8 Å². The zero-order valence-electron chi connectivity index (χ0n) is 9.76. The Bertz CT molecular complexity index is 619. The molecule has 0 unspecified atom stereocenters. The highest BCUT2D eigenvalue weighted by Gasteiger charge is 2.07. The number of phenolic OH excluding ortho intramolecular Hbond substituents is 1. The molecular formula is C14H11FN2O. The normalized spacial score (nSPS) is 9.83. The number of nitriles is 1. The van der Waals surface area contributed by atoms with Gasteiger partial charge in [-0.25, -0.2) is 4.39 Å². The number of nitrogens with zero attached hydrogens (tertiary/aromatic N) is 2. The smallest absolute Gasteiger partial charge is 0.126 e. The molecule has 4 heteroatoms. The Morgan fingerprint density at radius 3 is 2.61 bits per heavy atom. The van der Waals surface area contributed by atoms with Crippen molar-refractivity contribution in [2.75, 3.05) is 11.9 Å². The SMILES string of the molecule is CN(c1cccc(O)c1)c1cc(F)cc(C#N)c1. The van der Waals surface area contributed by atoms with Crippen LogP contribution in [-0.2, 0) is 0 Å². The van der Waals surface area contributed by atoms with Crippen molar-refractivity contribution in [1.82, 2.24) is 0 Å². The lowest BCUT2D eigenvalue weighted by Crippen LogP contribution is -2.09. The highest BCUT2D eigenvalue weighted by molar-refractivity contribution is 5.65. The van der Waals surface area contributed by atoms with Gasteiger partial charge in [-0.15, -0.1) is 0 Å². The van der Waals surface area contributed by atoms with Gasteiger partial charge in [0.1, 0.15) is 11.6 Å². The van der Waals surface area contributed by atoms with Crippen LogP contribution in [0.25, 0.3) is 0 Å². The molecule has 0 amide bonds. The lowest BCUT2D eigenvalue weighted by Gasteiger charge is -2.19. The van der Waals surface area contributed by atoms with Gasteiger partial charge in [0.2, 0.25) is 0 Å². The molecule has 0 aliphatic carbocycles. The van der Waals surface area contributed by atoms with E-state index in [9.17, 15) is 9.50 Å². The van der Waals surface area contributed by atoms with E-state index in [2.05, 4.69) is 0 Å². The third-order valence-electron chi connectivity index (χ3n) is 2.62. The van der Waals surface area contributed by atoms with E-state index < -0.39 is 5.82 Å². The van der Waals surface area contributed by atoms with E-state index in [4.69, 9.17) is 5.26 Å². The minimum absolute atomic E-state index is 0.135. The summed E-state index contributed by atoms with van der Waals surface area (Å²) in [5.74, 6) is -0.327. The average Bonchev–Trinajstić information content (AvgIpc) is 2.37. The Labute approximate surface area is 104 Å². The molecule has 0 bridgehead atoms. The summed E-state index contributed by atoms with van der Waals surface area (Å²) in [6.45, 7) is 0.